The standard InChI is InChI=1S/C12H13N7O2S/c1-8-12(9(2)17-16-8)22(20,21)18-10-3-4-11(14-5-10)19-7-13-6-15-19/h3-7,18H,1-2H3,(H,16,17). The molecule has 0 unspecified atom stereocenters. The molecule has 0 aliphatic carbocycles. The molecule has 0 bridgehead atoms. The maximum absolute atomic E-state index is 12.4. The summed E-state index contributed by atoms with van der Waals surface area (Å²) in [7, 11) is -3.72. The maximum atomic E-state index is 12.4. The lowest BCUT2D eigenvalue weighted by atomic mass is 10.4. The van der Waals surface area contributed by atoms with Crippen molar-refractivity contribution >= 4 is 15.7 Å². The van der Waals surface area contributed by atoms with Gasteiger partial charge in [-0.2, -0.15) is 10.2 Å². The zero-order valence-electron chi connectivity index (χ0n) is 11.8. The average molecular weight is 319 g/mol. The molecule has 9 nitrogen and oxygen atoms in total. The van der Waals surface area contributed by atoms with E-state index < -0.39 is 10.0 Å². The van der Waals surface area contributed by atoms with E-state index in [2.05, 4.69) is 30.0 Å². The van der Waals surface area contributed by atoms with Gasteiger partial charge in [0, 0.05) is 0 Å². The quantitative estimate of drug-likeness (QED) is 0.734. The minimum absolute atomic E-state index is 0.146. The van der Waals surface area contributed by atoms with E-state index in [0.29, 0.717) is 22.9 Å². The summed E-state index contributed by atoms with van der Waals surface area (Å²) >= 11 is 0. The molecule has 3 aromatic heterocycles. The third kappa shape index (κ3) is 2.55. The molecule has 0 saturated heterocycles. The van der Waals surface area contributed by atoms with E-state index in [9.17, 15) is 8.42 Å². The summed E-state index contributed by atoms with van der Waals surface area (Å²) in [6.07, 6.45) is 4.31. The Bertz CT molecular complexity index is 863. The second kappa shape index (κ2) is 5.22. The highest BCUT2D eigenvalue weighted by Crippen LogP contribution is 2.20. The molecule has 114 valence electrons. The fourth-order valence-electron chi connectivity index (χ4n) is 2.05. The first-order valence-electron chi connectivity index (χ1n) is 6.33. The van der Waals surface area contributed by atoms with Gasteiger partial charge in [-0.1, -0.05) is 0 Å². The van der Waals surface area contributed by atoms with Crippen LogP contribution in [0.4, 0.5) is 5.69 Å². The summed E-state index contributed by atoms with van der Waals surface area (Å²) in [5, 5.41) is 10.5. The molecule has 0 atom stereocenters. The van der Waals surface area contributed by atoms with Crippen LogP contribution in [0.3, 0.4) is 0 Å². The van der Waals surface area contributed by atoms with Gasteiger partial charge >= 0.3 is 0 Å². The van der Waals surface area contributed by atoms with Crippen LogP contribution in [0.1, 0.15) is 11.4 Å². The van der Waals surface area contributed by atoms with Gasteiger partial charge in [-0.15, -0.1) is 0 Å². The number of aryl methyl sites for hydroxylation is 2. The van der Waals surface area contributed by atoms with Gasteiger partial charge in [0.15, 0.2) is 5.82 Å². The van der Waals surface area contributed by atoms with Gasteiger partial charge in [0.2, 0.25) is 0 Å². The summed E-state index contributed by atoms with van der Waals surface area (Å²) in [4.78, 5) is 8.11. The number of hydrogen-bond acceptors (Lipinski definition) is 6. The van der Waals surface area contributed by atoms with Crippen LogP contribution in [0.5, 0.6) is 0 Å². The Morgan fingerprint density at radius 2 is 2.09 bits per heavy atom. The minimum Gasteiger partial charge on any atom is -0.281 e. The Morgan fingerprint density at radius 1 is 1.27 bits per heavy atom. The van der Waals surface area contributed by atoms with Gasteiger partial charge in [0.05, 0.1) is 23.3 Å². The van der Waals surface area contributed by atoms with Crippen LogP contribution in [-0.4, -0.2) is 38.4 Å². The number of aromatic nitrogens is 6. The van der Waals surface area contributed by atoms with Crippen molar-refractivity contribution in [1.82, 2.24) is 29.9 Å². The second-order valence-electron chi connectivity index (χ2n) is 4.61. The Kier molecular flexibility index (Phi) is 3.37. The van der Waals surface area contributed by atoms with Crippen LogP contribution in [0.2, 0.25) is 0 Å². The molecule has 2 N–H and O–H groups in total. The fourth-order valence-corrected chi connectivity index (χ4v) is 3.47. The van der Waals surface area contributed by atoms with Gasteiger partial charge in [0.25, 0.3) is 10.0 Å². The molecular formula is C12H13N7O2S. The summed E-state index contributed by atoms with van der Waals surface area (Å²) in [5.41, 5.74) is 1.25. The number of rotatable bonds is 4. The number of nitrogens with one attached hydrogen (secondary N) is 2. The fraction of sp³-hybridized carbons (Fsp3) is 0.167. The highest BCUT2D eigenvalue weighted by atomic mass is 32.2. The molecule has 0 amide bonds. The van der Waals surface area contributed by atoms with E-state index in [0.717, 1.165) is 0 Å². The lowest BCUT2D eigenvalue weighted by molar-refractivity contribution is 0.600. The molecule has 0 radical (unpaired) electrons. The van der Waals surface area contributed by atoms with E-state index in [1.54, 1.807) is 26.0 Å². The zero-order valence-corrected chi connectivity index (χ0v) is 12.7. The number of pyridine rings is 1. The monoisotopic (exact) mass is 319 g/mol. The smallest absolute Gasteiger partial charge is 0.265 e. The molecule has 0 aliphatic heterocycles. The molecule has 10 heteroatoms. The van der Waals surface area contributed by atoms with Gasteiger partial charge in [-0.05, 0) is 26.0 Å². The lowest BCUT2D eigenvalue weighted by Crippen LogP contribution is -2.15. The number of H-pyrrole nitrogens is 1. The molecule has 0 saturated carbocycles. The van der Waals surface area contributed by atoms with Crippen molar-refractivity contribution in [1.29, 1.82) is 0 Å². The van der Waals surface area contributed by atoms with Gasteiger partial charge in [-0.3, -0.25) is 9.82 Å². The third-order valence-corrected chi connectivity index (χ3v) is 4.63. The number of aromatic amines is 1. The Hall–Kier alpha value is -2.75. The van der Waals surface area contributed by atoms with E-state index in [-0.39, 0.29) is 4.90 Å². The molecule has 3 rings (SSSR count). The number of sulfonamides is 1. The SMILES string of the molecule is Cc1n[nH]c(C)c1S(=O)(=O)Nc1ccc(-n2cncn2)nc1. The van der Waals surface area contributed by atoms with Gasteiger partial charge in [0.1, 0.15) is 17.6 Å². The highest BCUT2D eigenvalue weighted by molar-refractivity contribution is 7.92. The summed E-state index contributed by atoms with van der Waals surface area (Å²) < 4.78 is 28.7. The highest BCUT2D eigenvalue weighted by Gasteiger charge is 2.22. The van der Waals surface area contributed by atoms with Crippen molar-refractivity contribution in [3.05, 3.63) is 42.4 Å². The van der Waals surface area contributed by atoms with Crippen molar-refractivity contribution in [2.45, 2.75) is 18.7 Å². The van der Waals surface area contributed by atoms with Crippen LogP contribution in [0.15, 0.2) is 35.9 Å². The molecule has 22 heavy (non-hydrogen) atoms. The summed E-state index contributed by atoms with van der Waals surface area (Å²) in [6.45, 7) is 3.28. The Balaban J connectivity index is 1.87. The predicted molar refractivity (Wildman–Crippen MR) is 78.0 cm³/mol. The molecule has 0 aromatic carbocycles. The topological polar surface area (TPSA) is 118 Å². The number of hydrogen-bond donors (Lipinski definition) is 2. The number of anilines is 1. The largest absolute Gasteiger partial charge is 0.281 e. The summed E-state index contributed by atoms with van der Waals surface area (Å²) in [6, 6.07) is 3.24. The van der Waals surface area contributed by atoms with E-state index in [1.807, 2.05) is 0 Å². The van der Waals surface area contributed by atoms with Crippen LogP contribution < -0.4 is 4.72 Å². The molecule has 0 fully saturated rings. The van der Waals surface area contributed by atoms with Crippen molar-refractivity contribution in [2.24, 2.45) is 0 Å². The van der Waals surface area contributed by atoms with Gasteiger partial charge in [-0.25, -0.2) is 23.1 Å². The second-order valence-corrected chi connectivity index (χ2v) is 6.23. The van der Waals surface area contributed by atoms with Crippen molar-refractivity contribution < 1.29 is 8.42 Å². The molecule has 3 heterocycles. The van der Waals surface area contributed by atoms with Gasteiger partial charge < -0.3 is 0 Å². The first-order chi connectivity index (χ1) is 10.5. The Morgan fingerprint density at radius 3 is 2.64 bits per heavy atom. The Labute approximate surface area is 126 Å². The van der Waals surface area contributed by atoms with Crippen LogP contribution in [0, 0.1) is 13.8 Å². The van der Waals surface area contributed by atoms with E-state index >= 15 is 0 Å². The zero-order chi connectivity index (χ0) is 15.7. The first kappa shape index (κ1) is 14.2. The first-order valence-corrected chi connectivity index (χ1v) is 7.81. The minimum atomic E-state index is -3.72. The summed E-state index contributed by atoms with van der Waals surface area (Å²) in [5.74, 6) is 0.538. The van der Waals surface area contributed by atoms with Crippen molar-refractivity contribution in [2.75, 3.05) is 4.72 Å². The maximum Gasteiger partial charge on any atom is 0.265 e. The van der Waals surface area contributed by atoms with Crippen LogP contribution in [-0.2, 0) is 10.0 Å². The molecule has 0 aliphatic rings. The van der Waals surface area contributed by atoms with Crippen molar-refractivity contribution in [3.63, 3.8) is 0 Å². The number of nitrogens with zero attached hydrogens (tertiary/aromatic N) is 5. The third-order valence-electron chi connectivity index (χ3n) is 2.98. The van der Waals surface area contributed by atoms with Crippen LogP contribution >= 0.6 is 0 Å². The molecule has 3 aromatic rings. The van der Waals surface area contributed by atoms with Crippen molar-refractivity contribution in [3.8, 4) is 5.82 Å². The predicted octanol–water partition coefficient (Wildman–Crippen LogP) is 0.803. The van der Waals surface area contributed by atoms with E-state index in [4.69, 9.17) is 0 Å². The molecular weight excluding hydrogens is 306 g/mol. The lowest BCUT2D eigenvalue weighted by Gasteiger charge is -2.08. The van der Waals surface area contributed by atoms with Crippen LogP contribution in [0.25, 0.3) is 5.82 Å². The van der Waals surface area contributed by atoms with E-state index in [1.165, 1.54) is 23.5 Å². The average Bonchev–Trinajstić information content (AvgIpc) is 3.09. The normalized spacial score (nSPS) is 11.5. The molecule has 0 spiro atoms.